The molecular formula is C16H12ClFN2O2. The number of nitrogens with zero attached hydrogens (tertiary/aromatic N) is 2. The molecule has 0 aliphatic rings. The largest absolute Gasteiger partial charge is 0.395 e. The number of aliphatic hydroxyl groups is 1. The first kappa shape index (κ1) is 14.7. The summed E-state index contributed by atoms with van der Waals surface area (Å²) < 4.78 is 14.7. The van der Waals surface area contributed by atoms with Gasteiger partial charge in [0.05, 0.1) is 12.1 Å². The van der Waals surface area contributed by atoms with Gasteiger partial charge in [0, 0.05) is 35.5 Å². The lowest BCUT2D eigenvalue weighted by Crippen LogP contribution is -2.02. The van der Waals surface area contributed by atoms with Gasteiger partial charge in [0.2, 0.25) is 0 Å². The molecular weight excluding hydrogens is 307 g/mol. The Balaban J connectivity index is 2.16. The molecule has 0 saturated heterocycles. The maximum absolute atomic E-state index is 13.0. The highest BCUT2D eigenvalue weighted by molar-refractivity contribution is 6.34. The molecule has 0 unspecified atom stereocenters. The smallest absolute Gasteiger partial charge is 0.195 e. The third-order valence-electron chi connectivity index (χ3n) is 3.43. The fourth-order valence-electron chi connectivity index (χ4n) is 2.43. The molecule has 112 valence electrons. The van der Waals surface area contributed by atoms with Crippen molar-refractivity contribution in [2.24, 2.45) is 0 Å². The van der Waals surface area contributed by atoms with Crippen LogP contribution in [0.25, 0.3) is 10.9 Å². The van der Waals surface area contributed by atoms with Gasteiger partial charge in [-0.1, -0.05) is 11.6 Å². The fraction of sp³-hybridized carbons (Fsp3) is 0.125. The predicted molar refractivity (Wildman–Crippen MR) is 81.7 cm³/mol. The number of pyridine rings is 1. The van der Waals surface area contributed by atoms with E-state index in [1.165, 1.54) is 30.5 Å². The summed E-state index contributed by atoms with van der Waals surface area (Å²) in [5.74, 6) is -0.629. The average molecular weight is 319 g/mol. The minimum absolute atomic E-state index is 0.0841. The van der Waals surface area contributed by atoms with Crippen molar-refractivity contribution in [2.45, 2.75) is 6.54 Å². The van der Waals surface area contributed by atoms with E-state index < -0.39 is 5.82 Å². The lowest BCUT2D eigenvalue weighted by Gasteiger charge is -2.02. The van der Waals surface area contributed by atoms with E-state index in [2.05, 4.69) is 4.98 Å². The van der Waals surface area contributed by atoms with Crippen molar-refractivity contribution < 1.29 is 14.3 Å². The number of benzene rings is 1. The molecule has 1 N–H and O–H groups in total. The Bertz CT molecular complexity index is 843. The number of hydrogen-bond donors (Lipinski definition) is 1. The van der Waals surface area contributed by atoms with Crippen LogP contribution in [0.1, 0.15) is 15.9 Å². The molecule has 0 aliphatic carbocycles. The van der Waals surface area contributed by atoms with Crippen molar-refractivity contribution in [3.8, 4) is 0 Å². The number of fused-ring (bicyclic) bond motifs is 1. The van der Waals surface area contributed by atoms with E-state index >= 15 is 0 Å². The molecule has 0 amide bonds. The van der Waals surface area contributed by atoms with E-state index in [9.17, 15) is 9.18 Å². The lowest BCUT2D eigenvalue weighted by molar-refractivity contribution is 0.104. The van der Waals surface area contributed by atoms with Crippen LogP contribution in [0.4, 0.5) is 4.39 Å². The van der Waals surface area contributed by atoms with Crippen LogP contribution in [0, 0.1) is 5.82 Å². The molecule has 0 bridgehead atoms. The molecule has 0 aliphatic heterocycles. The highest BCUT2D eigenvalue weighted by Gasteiger charge is 2.18. The number of aromatic nitrogens is 2. The summed E-state index contributed by atoms with van der Waals surface area (Å²) in [5.41, 5.74) is 1.43. The summed E-state index contributed by atoms with van der Waals surface area (Å²) in [6.45, 7) is 0.220. The van der Waals surface area contributed by atoms with Gasteiger partial charge in [-0.15, -0.1) is 0 Å². The Morgan fingerprint density at radius 3 is 2.68 bits per heavy atom. The third kappa shape index (κ3) is 2.49. The number of ketones is 1. The van der Waals surface area contributed by atoms with Gasteiger partial charge >= 0.3 is 0 Å². The molecule has 4 nitrogen and oxygen atoms in total. The normalized spacial score (nSPS) is 11.0. The Kier molecular flexibility index (Phi) is 3.92. The van der Waals surface area contributed by atoms with Crippen LogP contribution >= 0.6 is 11.6 Å². The van der Waals surface area contributed by atoms with Gasteiger partial charge in [-0.25, -0.2) is 9.37 Å². The van der Waals surface area contributed by atoms with E-state index in [-0.39, 0.29) is 17.5 Å². The lowest BCUT2D eigenvalue weighted by atomic mass is 10.0. The van der Waals surface area contributed by atoms with Crippen molar-refractivity contribution in [1.29, 1.82) is 0 Å². The molecule has 3 rings (SSSR count). The summed E-state index contributed by atoms with van der Waals surface area (Å²) in [5, 5.41) is 10.1. The predicted octanol–water partition coefficient (Wildman–Crippen LogP) is 3.05. The van der Waals surface area contributed by atoms with Crippen molar-refractivity contribution in [1.82, 2.24) is 9.55 Å². The van der Waals surface area contributed by atoms with Gasteiger partial charge in [-0.3, -0.25) is 4.79 Å². The third-order valence-corrected chi connectivity index (χ3v) is 3.71. The van der Waals surface area contributed by atoms with Gasteiger partial charge in [-0.2, -0.15) is 0 Å². The SMILES string of the molecule is O=C(c1ccc(F)cc1)c1cn(CCO)c2c(Cl)nccc12. The molecule has 1 aromatic carbocycles. The second kappa shape index (κ2) is 5.87. The maximum atomic E-state index is 13.0. The molecule has 0 saturated carbocycles. The second-order valence-corrected chi connectivity index (χ2v) is 5.15. The molecule has 6 heteroatoms. The number of hydrogen-bond acceptors (Lipinski definition) is 3. The van der Waals surface area contributed by atoms with Crippen LogP contribution in [0.2, 0.25) is 5.15 Å². The van der Waals surface area contributed by atoms with Crippen molar-refractivity contribution in [3.63, 3.8) is 0 Å². The Morgan fingerprint density at radius 2 is 2.00 bits per heavy atom. The van der Waals surface area contributed by atoms with Gasteiger partial charge in [-0.05, 0) is 30.3 Å². The number of halogens is 2. The minimum Gasteiger partial charge on any atom is -0.395 e. The molecule has 2 heterocycles. The Hall–Kier alpha value is -2.24. The summed E-state index contributed by atoms with van der Waals surface area (Å²) in [7, 11) is 0. The number of aliphatic hydroxyl groups excluding tert-OH is 1. The summed E-state index contributed by atoms with van der Waals surface area (Å²) in [6.07, 6.45) is 3.16. The number of carbonyl (C=O) groups is 1. The molecule has 22 heavy (non-hydrogen) atoms. The fourth-order valence-corrected chi connectivity index (χ4v) is 2.70. The maximum Gasteiger partial charge on any atom is 0.195 e. The molecule has 0 spiro atoms. The summed E-state index contributed by atoms with van der Waals surface area (Å²) >= 11 is 6.11. The van der Waals surface area contributed by atoms with Crippen molar-refractivity contribution in [2.75, 3.05) is 6.61 Å². The highest BCUT2D eigenvalue weighted by atomic mass is 35.5. The number of carbonyl (C=O) groups excluding carboxylic acids is 1. The average Bonchev–Trinajstić information content (AvgIpc) is 2.88. The van der Waals surface area contributed by atoms with Gasteiger partial charge in [0.15, 0.2) is 10.9 Å². The molecule has 0 atom stereocenters. The van der Waals surface area contributed by atoms with Crippen molar-refractivity contribution >= 4 is 28.3 Å². The molecule has 0 radical (unpaired) electrons. The molecule has 0 fully saturated rings. The van der Waals surface area contributed by atoms with Crippen LogP contribution in [-0.4, -0.2) is 27.0 Å². The topological polar surface area (TPSA) is 55.1 Å². The van der Waals surface area contributed by atoms with Crippen LogP contribution in [-0.2, 0) is 6.54 Å². The van der Waals surface area contributed by atoms with Gasteiger partial charge < -0.3 is 9.67 Å². The number of rotatable bonds is 4. The minimum atomic E-state index is -0.397. The van der Waals surface area contributed by atoms with E-state index in [0.29, 0.717) is 28.6 Å². The summed E-state index contributed by atoms with van der Waals surface area (Å²) in [4.78, 5) is 16.6. The molecule has 2 aromatic heterocycles. The van der Waals surface area contributed by atoms with Crippen LogP contribution in [0.15, 0.2) is 42.7 Å². The van der Waals surface area contributed by atoms with Gasteiger partial charge in [0.25, 0.3) is 0 Å². The van der Waals surface area contributed by atoms with Crippen LogP contribution in [0.3, 0.4) is 0 Å². The first-order valence-electron chi connectivity index (χ1n) is 6.66. The quantitative estimate of drug-likeness (QED) is 0.594. The van der Waals surface area contributed by atoms with Crippen LogP contribution < -0.4 is 0 Å². The van der Waals surface area contributed by atoms with E-state index in [1.807, 2.05) is 0 Å². The molecule has 3 aromatic rings. The zero-order valence-electron chi connectivity index (χ0n) is 11.5. The van der Waals surface area contributed by atoms with Crippen molar-refractivity contribution in [3.05, 3.63) is 64.8 Å². The zero-order valence-corrected chi connectivity index (χ0v) is 12.2. The van der Waals surface area contributed by atoms with E-state index in [0.717, 1.165) is 0 Å². The Morgan fingerprint density at radius 1 is 1.27 bits per heavy atom. The first-order valence-corrected chi connectivity index (χ1v) is 7.04. The second-order valence-electron chi connectivity index (χ2n) is 4.79. The summed E-state index contributed by atoms with van der Waals surface area (Å²) in [6, 6.07) is 7.07. The standard InChI is InChI=1S/C16H12ClFN2O2/c17-16-14-12(5-6-19-16)13(9-20(14)7-8-21)15(22)10-1-3-11(18)4-2-10/h1-6,9,21H,7-8H2. The highest BCUT2D eigenvalue weighted by Crippen LogP contribution is 2.28. The zero-order chi connectivity index (χ0) is 15.7. The first-order chi connectivity index (χ1) is 10.6. The van der Waals surface area contributed by atoms with Crippen LogP contribution in [0.5, 0.6) is 0 Å². The van der Waals surface area contributed by atoms with Gasteiger partial charge in [0.1, 0.15) is 5.82 Å². The monoisotopic (exact) mass is 318 g/mol. The van der Waals surface area contributed by atoms with E-state index in [1.54, 1.807) is 16.8 Å². The van der Waals surface area contributed by atoms with E-state index in [4.69, 9.17) is 16.7 Å². The Labute approximate surface area is 130 Å².